The molecule has 3 aromatic rings. The normalized spacial score (nSPS) is 11.0. The van der Waals surface area contributed by atoms with Gasteiger partial charge in [0, 0.05) is 19.3 Å². The Morgan fingerprint density at radius 1 is 1.12 bits per heavy atom. The largest absolute Gasteiger partial charge is 0.369 e. The Bertz CT molecular complexity index is 949. The van der Waals surface area contributed by atoms with Crippen molar-refractivity contribution in [3.8, 4) is 0 Å². The van der Waals surface area contributed by atoms with E-state index in [1.54, 1.807) is 16.8 Å². The van der Waals surface area contributed by atoms with Gasteiger partial charge in [-0.1, -0.05) is 37.6 Å². The van der Waals surface area contributed by atoms with Gasteiger partial charge in [-0.2, -0.15) is 4.98 Å². The van der Waals surface area contributed by atoms with E-state index in [4.69, 9.17) is 11.5 Å². The van der Waals surface area contributed by atoms with Gasteiger partial charge in [0.15, 0.2) is 0 Å². The van der Waals surface area contributed by atoms with E-state index in [1.165, 1.54) is 0 Å². The number of nitrogens with zero attached hydrogens (tertiary/aromatic N) is 3. The number of nitrogen functional groups attached to an aromatic ring is 1. The van der Waals surface area contributed by atoms with Crippen molar-refractivity contribution in [2.75, 3.05) is 17.6 Å². The Kier molecular flexibility index (Phi) is 5.48. The van der Waals surface area contributed by atoms with Crippen molar-refractivity contribution in [1.29, 1.82) is 0 Å². The molecule has 0 saturated heterocycles. The first-order chi connectivity index (χ1) is 12.6. The van der Waals surface area contributed by atoms with Crippen LogP contribution in [0, 0.1) is 0 Å². The van der Waals surface area contributed by atoms with Crippen LogP contribution in [0.25, 0.3) is 10.9 Å². The van der Waals surface area contributed by atoms with Crippen LogP contribution in [0.3, 0.4) is 0 Å². The molecule has 7 heteroatoms. The van der Waals surface area contributed by atoms with Crippen molar-refractivity contribution < 1.29 is 0 Å². The maximum Gasteiger partial charge on any atom is 0.264 e. The Hall–Kier alpha value is -2.93. The lowest BCUT2D eigenvalue weighted by atomic mass is 10.1. The Labute approximate surface area is 152 Å². The van der Waals surface area contributed by atoms with Crippen molar-refractivity contribution in [3.05, 3.63) is 58.0 Å². The predicted molar refractivity (Wildman–Crippen MR) is 105 cm³/mol. The molecule has 3 rings (SSSR count). The first kappa shape index (κ1) is 17.9. The molecule has 2 heterocycles. The summed E-state index contributed by atoms with van der Waals surface area (Å²) in [5.74, 6) is 0.657. The quantitative estimate of drug-likeness (QED) is 0.561. The van der Waals surface area contributed by atoms with E-state index in [2.05, 4.69) is 22.2 Å². The number of fused-ring (bicyclic) bond motifs is 1. The van der Waals surface area contributed by atoms with Crippen LogP contribution >= 0.6 is 0 Å². The highest BCUT2D eigenvalue weighted by molar-refractivity contribution is 5.89. The third kappa shape index (κ3) is 3.83. The van der Waals surface area contributed by atoms with E-state index in [0.29, 0.717) is 29.8 Å². The average Bonchev–Trinajstić information content (AvgIpc) is 2.64. The highest BCUT2D eigenvalue weighted by atomic mass is 16.1. The molecule has 0 spiro atoms. The van der Waals surface area contributed by atoms with Crippen LogP contribution in [0.1, 0.15) is 30.9 Å². The summed E-state index contributed by atoms with van der Waals surface area (Å²) in [6, 6.07) is 9.72. The SMILES string of the molecule is CCCCNc1nc(N)nc2ccn(Cc3ccc(CN)cc3)c(=O)c12. The van der Waals surface area contributed by atoms with Gasteiger partial charge in [-0.05, 0) is 23.6 Å². The number of rotatable bonds is 7. The Morgan fingerprint density at radius 2 is 1.85 bits per heavy atom. The summed E-state index contributed by atoms with van der Waals surface area (Å²) in [5.41, 5.74) is 13.9. The Balaban J connectivity index is 1.98. The number of hydrogen-bond donors (Lipinski definition) is 3. The summed E-state index contributed by atoms with van der Waals surface area (Å²) < 4.78 is 1.66. The highest BCUT2D eigenvalue weighted by Gasteiger charge is 2.12. The number of pyridine rings is 1. The molecule has 0 aliphatic heterocycles. The summed E-state index contributed by atoms with van der Waals surface area (Å²) in [7, 11) is 0. The van der Waals surface area contributed by atoms with E-state index in [-0.39, 0.29) is 11.5 Å². The van der Waals surface area contributed by atoms with Gasteiger partial charge in [0.2, 0.25) is 5.95 Å². The minimum Gasteiger partial charge on any atom is -0.369 e. The lowest BCUT2D eigenvalue weighted by molar-refractivity contribution is 0.766. The van der Waals surface area contributed by atoms with Gasteiger partial charge in [-0.3, -0.25) is 4.79 Å². The van der Waals surface area contributed by atoms with E-state index in [9.17, 15) is 4.79 Å². The molecule has 0 fully saturated rings. The molecule has 136 valence electrons. The highest BCUT2D eigenvalue weighted by Crippen LogP contribution is 2.18. The van der Waals surface area contributed by atoms with Crippen LogP contribution in [0.2, 0.25) is 0 Å². The molecule has 2 aromatic heterocycles. The van der Waals surface area contributed by atoms with Crippen molar-refractivity contribution in [2.24, 2.45) is 5.73 Å². The fraction of sp³-hybridized carbons (Fsp3) is 0.316. The second kappa shape index (κ2) is 7.97. The summed E-state index contributed by atoms with van der Waals surface area (Å²) in [6.45, 7) is 3.81. The molecule has 0 amide bonds. The predicted octanol–water partition coefficient (Wildman–Crippen LogP) is 2.09. The maximum absolute atomic E-state index is 13.0. The zero-order chi connectivity index (χ0) is 18.5. The zero-order valence-corrected chi connectivity index (χ0v) is 14.9. The number of nitrogens with two attached hydrogens (primary N) is 2. The lowest BCUT2D eigenvalue weighted by Gasteiger charge is -2.12. The van der Waals surface area contributed by atoms with Gasteiger partial charge in [-0.15, -0.1) is 0 Å². The lowest BCUT2D eigenvalue weighted by Crippen LogP contribution is -2.22. The third-order valence-electron chi connectivity index (χ3n) is 4.28. The summed E-state index contributed by atoms with van der Waals surface area (Å²) in [5, 5.41) is 3.69. The third-order valence-corrected chi connectivity index (χ3v) is 4.28. The maximum atomic E-state index is 13.0. The van der Waals surface area contributed by atoms with E-state index in [0.717, 1.165) is 30.5 Å². The average molecular weight is 352 g/mol. The van der Waals surface area contributed by atoms with E-state index >= 15 is 0 Å². The van der Waals surface area contributed by atoms with Gasteiger partial charge < -0.3 is 21.4 Å². The number of hydrogen-bond acceptors (Lipinski definition) is 6. The number of aromatic nitrogens is 3. The van der Waals surface area contributed by atoms with Crippen LogP contribution < -0.4 is 22.3 Å². The number of unbranched alkanes of at least 4 members (excludes halogenated alkanes) is 1. The molecular formula is C19H24N6O. The molecule has 26 heavy (non-hydrogen) atoms. The topological polar surface area (TPSA) is 112 Å². The standard InChI is InChI=1S/C19H24N6O/c1-2-3-9-22-17-16-15(23-19(21)24-17)8-10-25(18(16)26)12-14-6-4-13(11-20)5-7-14/h4-8,10H,2-3,9,11-12,20H2,1H3,(H3,21,22,23,24). The molecular weight excluding hydrogens is 328 g/mol. The van der Waals surface area contributed by atoms with Gasteiger partial charge in [-0.25, -0.2) is 4.98 Å². The van der Waals surface area contributed by atoms with Crippen LogP contribution in [0.5, 0.6) is 0 Å². The van der Waals surface area contributed by atoms with Gasteiger partial charge in [0.05, 0.1) is 12.1 Å². The molecule has 0 unspecified atom stereocenters. The second-order valence-corrected chi connectivity index (χ2v) is 6.24. The van der Waals surface area contributed by atoms with Gasteiger partial charge in [0.25, 0.3) is 5.56 Å². The fourth-order valence-electron chi connectivity index (χ4n) is 2.81. The van der Waals surface area contributed by atoms with Crippen molar-refractivity contribution in [2.45, 2.75) is 32.9 Å². The molecule has 5 N–H and O–H groups in total. The van der Waals surface area contributed by atoms with Crippen molar-refractivity contribution in [3.63, 3.8) is 0 Å². The van der Waals surface area contributed by atoms with Crippen LogP contribution in [-0.2, 0) is 13.1 Å². The number of nitrogens with one attached hydrogen (secondary N) is 1. The molecule has 0 aliphatic rings. The second-order valence-electron chi connectivity index (χ2n) is 6.24. The summed E-state index contributed by atoms with van der Waals surface area (Å²) in [6.07, 6.45) is 3.78. The van der Waals surface area contributed by atoms with Crippen LogP contribution in [0.15, 0.2) is 41.3 Å². The van der Waals surface area contributed by atoms with Crippen LogP contribution in [0.4, 0.5) is 11.8 Å². The monoisotopic (exact) mass is 352 g/mol. The summed E-state index contributed by atoms with van der Waals surface area (Å²) in [4.78, 5) is 21.4. The zero-order valence-electron chi connectivity index (χ0n) is 14.9. The van der Waals surface area contributed by atoms with Crippen molar-refractivity contribution >= 4 is 22.7 Å². The first-order valence-electron chi connectivity index (χ1n) is 8.80. The minimum absolute atomic E-state index is 0.135. The number of anilines is 2. The van der Waals surface area contributed by atoms with Crippen molar-refractivity contribution in [1.82, 2.24) is 14.5 Å². The first-order valence-corrected chi connectivity index (χ1v) is 8.80. The number of benzene rings is 1. The molecule has 7 nitrogen and oxygen atoms in total. The summed E-state index contributed by atoms with van der Waals surface area (Å²) >= 11 is 0. The molecule has 0 bridgehead atoms. The molecule has 0 aliphatic carbocycles. The fourth-order valence-corrected chi connectivity index (χ4v) is 2.81. The Morgan fingerprint density at radius 3 is 2.54 bits per heavy atom. The molecule has 0 saturated carbocycles. The van der Waals surface area contributed by atoms with E-state index < -0.39 is 0 Å². The molecule has 0 atom stereocenters. The van der Waals surface area contributed by atoms with E-state index in [1.807, 2.05) is 24.3 Å². The minimum atomic E-state index is -0.135. The van der Waals surface area contributed by atoms with Gasteiger partial charge >= 0.3 is 0 Å². The smallest absolute Gasteiger partial charge is 0.264 e. The molecule has 0 radical (unpaired) electrons. The van der Waals surface area contributed by atoms with Crippen LogP contribution in [-0.4, -0.2) is 21.1 Å². The molecule has 1 aromatic carbocycles. The van der Waals surface area contributed by atoms with Gasteiger partial charge in [0.1, 0.15) is 11.2 Å².